The Balaban J connectivity index is 1.53. The van der Waals surface area contributed by atoms with Crippen molar-refractivity contribution in [1.29, 1.82) is 0 Å². The maximum absolute atomic E-state index is 12.7. The molecule has 1 heterocycles. The number of hydrogen-bond acceptors (Lipinski definition) is 3. The van der Waals surface area contributed by atoms with Gasteiger partial charge in [-0.3, -0.25) is 0 Å². The van der Waals surface area contributed by atoms with Gasteiger partial charge in [-0.05, 0) is 42.5 Å². The van der Waals surface area contributed by atoms with Crippen LogP contribution in [0.4, 0.5) is 4.79 Å². The van der Waals surface area contributed by atoms with Crippen molar-refractivity contribution >= 4 is 6.09 Å². The van der Waals surface area contributed by atoms with E-state index < -0.39 is 0 Å². The maximum Gasteiger partial charge on any atom is 0.410 e. The molecule has 2 aliphatic rings. The third-order valence-electron chi connectivity index (χ3n) is 5.77. The summed E-state index contributed by atoms with van der Waals surface area (Å²) in [6.07, 6.45) is 0.515. The average molecular weight is 351 g/mol. The second-order valence-corrected chi connectivity index (χ2v) is 7.98. The zero-order valence-electron chi connectivity index (χ0n) is 15.3. The lowest BCUT2D eigenvalue weighted by molar-refractivity contribution is 0.0778. The average Bonchev–Trinajstić information content (AvgIpc) is 3.14. The highest BCUT2D eigenvalue weighted by atomic mass is 16.6. The van der Waals surface area contributed by atoms with Crippen molar-refractivity contribution in [3.8, 4) is 11.1 Å². The minimum atomic E-state index is -0.284. The molecule has 136 valence electrons. The smallest absolute Gasteiger partial charge is 0.410 e. The van der Waals surface area contributed by atoms with Crippen molar-refractivity contribution in [1.82, 2.24) is 4.90 Å². The Kier molecular flexibility index (Phi) is 4.23. The molecule has 4 rings (SSSR count). The van der Waals surface area contributed by atoms with E-state index in [2.05, 4.69) is 24.3 Å². The molecule has 0 spiro atoms. The summed E-state index contributed by atoms with van der Waals surface area (Å²) in [5.41, 5.74) is 4.61. The van der Waals surface area contributed by atoms with E-state index in [1.165, 1.54) is 22.3 Å². The molecule has 1 saturated heterocycles. The second kappa shape index (κ2) is 6.44. The third kappa shape index (κ3) is 2.78. The number of ether oxygens (including phenoxy) is 1. The third-order valence-corrected chi connectivity index (χ3v) is 5.77. The fraction of sp³-hybridized carbons (Fsp3) is 0.409. The van der Waals surface area contributed by atoms with Crippen LogP contribution in [0.5, 0.6) is 0 Å². The van der Waals surface area contributed by atoms with Gasteiger partial charge in [-0.15, -0.1) is 0 Å². The van der Waals surface area contributed by atoms with E-state index in [-0.39, 0.29) is 30.1 Å². The van der Waals surface area contributed by atoms with Crippen LogP contribution in [-0.2, 0) is 4.74 Å². The zero-order chi connectivity index (χ0) is 18.3. The van der Waals surface area contributed by atoms with Gasteiger partial charge in [0.05, 0.1) is 0 Å². The molecule has 1 fully saturated rings. The standard InChI is InChI=1S/C22H25NO3/c1-22(2)11-15(13-24)12-23(22)21(25)26-14-20-18-9-5-3-7-16(18)17-8-4-6-10-19(17)20/h3-10,15,20,24H,11-14H2,1-2H3. The summed E-state index contributed by atoms with van der Waals surface area (Å²) in [4.78, 5) is 14.5. The summed E-state index contributed by atoms with van der Waals surface area (Å²) < 4.78 is 5.76. The van der Waals surface area contributed by atoms with E-state index in [0.29, 0.717) is 13.2 Å². The van der Waals surface area contributed by atoms with Crippen LogP contribution in [0.25, 0.3) is 11.1 Å². The van der Waals surface area contributed by atoms with Crippen LogP contribution in [0.2, 0.25) is 0 Å². The Hall–Kier alpha value is -2.33. The van der Waals surface area contributed by atoms with Crippen LogP contribution in [0.3, 0.4) is 0 Å². The number of likely N-dealkylation sites (tertiary alicyclic amines) is 1. The molecule has 1 unspecified atom stereocenters. The Labute approximate surface area is 154 Å². The fourth-order valence-electron chi connectivity index (χ4n) is 4.50. The number of hydrogen-bond donors (Lipinski definition) is 1. The largest absolute Gasteiger partial charge is 0.448 e. The van der Waals surface area contributed by atoms with Crippen molar-refractivity contribution in [2.45, 2.75) is 31.7 Å². The lowest BCUT2D eigenvalue weighted by atomic mass is 9.97. The quantitative estimate of drug-likeness (QED) is 0.908. The van der Waals surface area contributed by atoms with Crippen molar-refractivity contribution in [3.05, 3.63) is 59.7 Å². The molecule has 26 heavy (non-hydrogen) atoms. The van der Waals surface area contributed by atoms with Gasteiger partial charge in [0.1, 0.15) is 6.61 Å². The van der Waals surface area contributed by atoms with Crippen LogP contribution in [0, 0.1) is 5.92 Å². The molecule has 1 N–H and O–H groups in total. The molecule has 1 aliphatic carbocycles. The van der Waals surface area contributed by atoms with E-state index in [1.807, 2.05) is 38.1 Å². The monoisotopic (exact) mass is 351 g/mol. The first-order valence-corrected chi connectivity index (χ1v) is 9.25. The highest BCUT2D eigenvalue weighted by molar-refractivity contribution is 5.79. The number of nitrogens with zero attached hydrogens (tertiary/aromatic N) is 1. The van der Waals surface area contributed by atoms with Gasteiger partial charge in [0.15, 0.2) is 0 Å². The van der Waals surface area contributed by atoms with E-state index >= 15 is 0 Å². The molecule has 2 aromatic carbocycles. The van der Waals surface area contributed by atoms with Gasteiger partial charge in [-0.1, -0.05) is 48.5 Å². The van der Waals surface area contributed by atoms with Gasteiger partial charge < -0.3 is 14.7 Å². The lowest BCUT2D eigenvalue weighted by Gasteiger charge is -2.31. The number of aliphatic hydroxyl groups is 1. The van der Waals surface area contributed by atoms with Crippen LogP contribution in [0.1, 0.15) is 37.3 Å². The first kappa shape index (κ1) is 17.1. The molecule has 0 aromatic heterocycles. The Bertz CT molecular complexity index is 784. The number of benzene rings is 2. The summed E-state index contributed by atoms with van der Waals surface area (Å²) in [5, 5.41) is 9.44. The molecule has 4 nitrogen and oxygen atoms in total. The number of rotatable bonds is 3. The molecule has 4 heteroatoms. The van der Waals surface area contributed by atoms with Gasteiger partial charge in [0.2, 0.25) is 0 Å². The maximum atomic E-state index is 12.7. The number of fused-ring (bicyclic) bond motifs is 3. The van der Waals surface area contributed by atoms with Crippen LogP contribution in [-0.4, -0.2) is 41.4 Å². The minimum absolute atomic E-state index is 0.0747. The summed E-state index contributed by atoms with van der Waals surface area (Å²) >= 11 is 0. The van der Waals surface area contributed by atoms with Crippen molar-refractivity contribution in [3.63, 3.8) is 0 Å². The van der Waals surface area contributed by atoms with E-state index in [1.54, 1.807) is 4.90 Å². The zero-order valence-corrected chi connectivity index (χ0v) is 15.3. The summed E-state index contributed by atoms with van der Waals surface area (Å²) in [7, 11) is 0. The van der Waals surface area contributed by atoms with Gasteiger partial charge in [-0.2, -0.15) is 0 Å². The van der Waals surface area contributed by atoms with Gasteiger partial charge in [-0.25, -0.2) is 4.79 Å². The van der Waals surface area contributed by atoms with Crippen molar-refractivity contribution in [2.75, 3.05) is 19.8 Å². The predicted molar refractivity (Wildman–Crippen MR) is 101 cm³/mol. The highest BCUT2D eigenvalue weighted by Gasteiger charge is 2.42. The molecular weight excluding hydrogens is 326 g/mol. The number of carbonyl (C=O) groups excluding carboxylic acids is 1. The Morgan fingerprint density at radius 3 is 2.23 bits per heavy atom. The van der Waals surface area contributed by atoms with Crippen molar-refractivity contribution in [2.24, 2.45) is 5.92 Å². The number of aliphatic hydroxyl groups excluding tert-OH is 1. The van der Waals surface area contributed by atoms with Crippen LogP contribution in [0.15, 0.2) is 48.5 Å². The van der Waals surface area contributed by atoms with Crippen LogP contribution >= 0.6 is 0 Å². The summed E-state index contributed by atoms with van der Waals surface area (Å²) in [6.45, 7) is 5.06. The summed E-state index contributed by atoms with van der Waals surface area (Å²) in [5.74, 6) is 0.205. The van der Waals surface area contributed by atoms with E-state index in [0.717, 1.165) is 6.42 Å². The Morgan fingerprint density at radius 2 is 1.69 bits per heavy atom. The van der Waals surface area contributed by atoms with Crippen LogP contribution < -0.4 is 0 Å². The van der Waals surface area contributed by atoms with Crippen molar-refractivity contribution < 1.29 is 14.6 Å². The second-order valence-electron chi connectivity index (χ2n) is 7.98. The van der Waals surface area contributed by atoms with Gasteiger partial charge in [0.25, 0.3) is 0 Å². The van der Waals surface area contributed by atoms with Gasteiger partial charge >= 0.3 is 6.09 Å². The molecule has 2 aromatic rings. The Morgan fingerprint density at radius 1 is 1.12 bits per heavy atom. The van der Waals surface area contributed by atoms with E-state index in [4.69, 9.17) is 4.74 Å². The fourth-order valence-corrected chi connectivity index (χ4v) is 4.50. The first-order chi connectivity index (χ1) is 12.5. The summed E-state index contributed by atoms with van der Waals surface area (Å²) in [6, 6.07) is 16.7. The van der Waals surface area contributed by atoms with Gasteiger partial charge in [0, 0.05) is 30.5 Å². The molecule has 0 saturated carbocycles. The SMILES string of the molecule is CC1(C)CC(CO)CN1C(=O)OCC1c2ccccc2-c2ccccc21. The molecule has 0 bridgehead atoms. The normalized spacial score (nSPS) is 20.7. The lowest BCUT2D eigenvalue weighted by Crippen LogP contribution is -2.43. The number of amides is 1. The highest BCUT2D eigenvalue weighted by Crippen LogP contribution is 2.44. The molecule has 1 atom stereocenters. The number of carbonyl (C=O) groups is 1. The molecule has 0 radical (unpaired) electrons. The first-order valence-electron chi connectivity index (χ1n) is 9.25. The predicted octanol–water partition coefficient (Wildman–Crippen LogP) is 4.03. The topological polar surface area (TPSA) is 49.8 Å². The minimum Gasteiger partial charge on any atom is -0.448 e. The molecule has 1 aliphatic heterocycles. The molecule has 1 amide bonds. The molecular formula is C22H25NO3. The van der Waals surface area contributed by atoms with E-state index in [9.17, 15) is 9.90 Å².